The van der Waals surface area contributed by atoms with Gasteiger partial charge in [-0.3, -0.25) is 0 Å². The number of para-hydroxylation sites is 1. The average molecular weight is 362 g/mol. The minimum Gasteiger partial charge on any atom is -0.492 e. The molecule has 0 radical (unpaired) electrons. The Balaban J connectivity index is 1.96. The largest absolute Gasteiger partial charge is 0.492 e. The van der Waals surface area contributed by atoms with Gasteiger partial charge in [-0.25, -0.2) is 13.1 Å². The van der Waals surface area contributed by atoms with Crippen LogP contribution in [0.1, 0.15) is 37.5 Å². The zero-order valence-corrected chi connectivity index (χ0v) is 16.4. The molecule has 4 nitrogen and oxygen atoms in total. The molecular formula is C20H27NO3S. The lowest BCUT2D eigenvalue weighted by Gasteiger charge is -2.19. The SMILES string of the molecule is Cc1cccc(C)c1OCCNS(=O)(=O)c1ccc(C(C)(C)C)cc1. The van der Waals surface area contributed by atoms with Crippen LogP contribution in [0.4, 0.5) is 0 Å². The third kappa shape index (κ3) is 5.06. The fraction of sp³-hybridized carbons (Fsp3) is 0.400. The van der Waals surface area contributed by atoms with Gasteiger partial charge in [0.15, 0.2) is 0 Å². The second-order valence-electron chi connectivity index (χ2n) is 7.24. The Morgan fingerprint density at radius 2 is 1.52 bits per heavy atom. The topological polar surface area (TPSA) is 55.4 Å². The van der Waals surface area contributed by atoms with Crippen molar-refractivity contribution in [3.63, 3.8) is 0 Å². The van der Waals surface area contributed by atoms with E-state index in [-0.39, 0.29) is 23.5 Å². The van der Waals surface area contributed by atoms with Gasteiger partial charge in [0, 0.05) is 6.54 Å². The van der Waals surface area contributed by atoms with Gasteiger partial charge in [-0.05, 0) is 48.1 Å². The van der Waals surface area contributed by atoms with E-state index >= 15 is 0 Å². The highest BCUT2D eigenvalue weighted by molar-refractivity contribution is 7.89. The highest BCUT2D eigenvalue weighted by Crippen LogP contribution is 2.24. The molecule has 0 aliphatic rings. The van der Waals surface area contributed by atoms with Gasteiger partial charge in [0.1, 0.15) is 12.4 Å². The maximum Gasteiger partial charge on any atom is 0.240 e. The number of sulfonamides is 1. The van der Waals surface area contributed by atoms with Gasteiger partial charge in [-0.2, -0.15) is 0 Å². The summed E-state index contributed by atoms with van der Waals surface area (Å²) in [4.78, 5) is 0.271. The second-order valence-corrected chi connectivity index (χ2v) is 9.01. The van der Waals surface area contributed by atoms with Gasteiger partial charge in [0.05, 0.1) is 4.90 Å². The van der Waals surface area contributed by atoms with E-state index in [4.69, 9.17) is 4.74 Å². The maximum absolute atomic E-state index is 12.4. The molecule has 0 heterocycles. The van der Waals surface area contributed by atoms with Crippen molar-refractivity contribution < 1.29 is 13.2 Å². The number of benzene rings is 2. The molecule has 0 saturated heterocycles. The van der Waals surface area contributed by atoms with Crippen molar-refractivity contribution in [1.82, 2.24) is 4.72 Å². The highest BCUT2D eigenvalue weighted by atomic mass is 32.2. The standard InChI is InChI=1S/C20H27NO3S/c1-15-7-6-8-16(2)19(15)24-14-13-21-25(22,23)18-11-9-17(10-12-18)20(3,4)5/h6-12,21H,13-14H2,1-5H3. The molecule has 1 N–H and O–H groups in total. The number of rotatable bonds is 6. The van der Waals surface area contributed by atoms with Gasteiger partial charge < -0.3 is 4.74 Å². The molecule has 0 fully saturated rings. The predicted molar refractivity (Wildman–Crippen MR) is 102 cm³/mol. The zero-order valence-electron chi connectivity index (χ0n) is 15.6. The predicted octanol–water partition coefficient (Wildman–Crippen LogP) is 3.96. The molecule has 0 atom stereocenters. The lowest BCUT2D eigenvalue weighted by molar-refractivity contribution is 0.318. The quantitative estimate of drug-likeness (QED) is 0.793. The van der Waals surface area contributed by atoms with Gasteiger partial charge in [0.2, 0.25) is 10.0 Å². The first-order valence-electron chi connectivity index (χ1n) is 8.40. The van der Waals surface area contributed by atoms with Crippen molar-refractivity contribution in [3.8, 4) is 5.75 Å². The smallest absolute Gasteiger partial charge is 0.240 e. The fourth-order valence-electron chi connectivity index (χ4n) is 2.57. The van der Waals surface area contributed by atoms with Crippen molar-refractivity contribution in [1.29, 1.82) is 0 Å². The van der Waals surface area contributed by atoms with E-state index < -0.39 is 10.0 Å². The number of aryl methyl sites for hydroxylation is 2. The van der Waals surface area contributed by atoms with Crippen molar-refractivity contribution in [3.05, 3.63) is 59.2 Å². The molecule has 0 spiro atoms. The molecule has 2 aromatic carbocycles. The molecule has 136 valence electrons. The fourth-order valence-corrected chi connectivity index (χ4v) is 3.59. The van der Waals surface area contributed by atoms with Crippen molar-refractivity contribution in [2.24, 2.45) is 0 Å². The first-order valence-corrected chi connectivity index (χ1v) is 9.89. The normalized spacial score (nSPS) is 12.2. The minimum absolute atomic E-state index is 0.00500. The van der Waals surface area contributed by atoms with Crippen molar-refractivity contribution >= 4 is 10.0 Å². The molecule has 0 amide bonds. The minimum atomic E-state index is -3.53. The summed E-state index contributed by atoms with van der Waals surface area (Å²) in [5.74, 6) is 0.816. The third-order valence-corrected chi connectivity index (χ3v) is 5.56. The van der Waals surface area contributed by atoms with Gasteiger partial charge >= 0.3 is 0 Å². The Labute approximate surface area is 151 Å². The highest BCUT2D eigenvalue weighted by Gasteiger charge is 2.17. The number of nitrogens with one attached hydrogen (secondary N) is 1. The lowest BCUT2D eigenvalue weighted by atomic mass is 9.87. The van der Waals surface area contributed by atoms with Crippen LogP contribution in [-0.4, -0.2) is 21.6 Å². The maximum atomic E-state index is 12.4. The summed E-state index contributed by atoms with van der Waals surface area (Å²) >= 11 is 0. The Morgan fingerprint density at radius 3 is 2.04 bits per heavy atom. The summed E-state index contributed by atoms with van der Waals surface area (Å²) in [5.41, 5.74) is 3.18. The lowest BCUT2D eigenvalue weighted by Crippen LogP contribution is -2.28. The summed E-state index contributed by atoms with van der Waals surface area (Å²) in [6.07, 6.45) is 0. The van der Waals surface area contributed by atoms with Crippen LogP contribution in [0.2, 0.25) is 0 Å². The van der Waals surface area contributed by atoms with Crippen LogP contribution in [0.15, 0.2) is 47.4 Å². The van der Waals surface area contributed by atoms with Crippen molar-refractivity contribution in [2.45, 2.75) is 44.9 Å². The molecule has 0 unspecified atom stereocenters. The third-order valence-electron chi connectivity index (χ3n) is 4.08. The van der Waals surface area contributed by atoms with Crippen LogP contribution in [0.5, 0.6) is 5.75 Å². The molecule has 2 rings (SSSR count). The second kappa shape index (κ2) is 7.58. The number of hydrogen-bond donors (Lipinski definition) is 1. The summed E-state index contributed by atoms with van der Waals surface area (Å²) in [7, 11) is -3.53. The Bertz CT molecular complexity index is 799. The van der Waals surface area contributed by atoms with Gasteiger partial charge in [-0.15, -0.1) is 0 Å². The Hall–Kier alpha value is -1.85. The summed E-state index contributed by atoms with van der Waals surface area (Å²) < 4.78 is 33.1. The van der Waals surface area contributed by atoms with Crippen LogP contribution in [-0.2, 0) is 15.4 Å². The molecular weight excluding hydrogens is 334 g/mol. The van der Waals surface area contributed by atoms with Crippen LogP contribution in [0.25, 0.3) is 0 Å². The molecule has 0 aromatic heterocycles. The molecule has 0 bridgehead atoms. The Morgan fingerprint density at radius 1 is 0.960 bits per heavy atom. The van der Waals surface area contributed by atoms with Crippen LogP contribution in [0, 0.1) is 13.8 Å². The Kier molecular flexibility index (Phi) is 5.91. The summed E-state index contributed by atoms with van der Waals surface area (Å²) in [5, 5.41) is 0. The molecule has 0 saturated carbocycles. The van der Waals surface area contributed by atoms with Crippen LogP contribution < -0.4 is 9.46 Å². The van der Waals surface area contributed by atoms with E-state index in [1.807, 2.05) is 44.2 Å². The van der Waals surface area contributed by atoms with Gasteiger partial charge in [-0.1, -0.05) is 51.1 Å². The zero-order chi connectivity index (χ0) is 18.7. The summed E-state index contributed by atoms with van der Waals surface area (Å²) in [6, 6.07) is 12.9. The van der Waals surface area contributed by atoms with E-state index in [0.29, 0.717) is 0 Å². The van der Waals surface area contributed by atoms with E-state index in [1.165, 1.54) is 0 Å². The van der Waals surface area contributed by atoms with E-state index in [1.54, 1.807) is 12.1 Å². The molecule has 5 heteroatoms. The monoisotopic (exact) mass is 361 g/mol. The molecule has 0 aliphatic heterocycles. The number of ether oxygens (including phenoxy) is 1. The van der Waals surface area contributed by atoms with Gasteiger partial charge in [0.25, 0.3) is 0 Å². The van der Waals surface area contributed by atoms with E-state index in [0.717, 1.165) is 22.4 Å². The summed E-state index contributed by atoms with van der Waals surface area (Å²) in [6.45, 7) is 10.7. The van der Waals surface area contributed by atoms with Crippen molar-refractivity contribution in [2.75, 3.05) is 13.2 Å². The number of hydrogen-bond acceptors (Lipinski definition) is 3. The molecule has 0 aliphatic carbocycles. The molecule has 25 heavy (non-hydrogen) atoms. The van der Waals surface area contributed by atoms with Crippen LogP contribution in [0.3, 0.4) is 0 Å². The van der Waals surface area contributed by atoms with E-state index in [9.17, 15) is 8.42 Å². The van der Waals surface area contributed by atoms with E-state index in [2.05, 4.69) is 25.5 Å². The first-order chi connectivity index (χ1) is 11.6. The first kappa shape index (κ1) is 19.5. The molecule has 2 aromatic rings. The average Bonchev–Trinajstić information content (AvgIpc) is 2.53. The van der Waals surface area contributed by atoms with Crippen LogP contribution >= 0.6 is 0 Å².